The van der Waals surface area contributed by atoms with Crippen molar-refractivity contribution in [3.8, 4) is 5.75 Å². The van der Waals surface area contributed by atoms with Crippen LogP contribution in [0.25, 0.3) is 0 Å². The Hall–Kier alpha value is -1.22. The predicted octanol–water partition coefficient (Wildman–Crippen LogP) is 1.61. The maximum atomic E-state index is 6.03. The molecule has 0 aromatic heterocycles. The van der Waals surface area contributed by atoms with Gasteiger partial charge in [0.15, 0.2) is 0 Å². The average Bonchev–Trinajstić information content (AvgIpc) is 2.18. The summed E-state index contributed by atoms with van der Waals surface area (Å²) in [6.45, 7) is 0. The van der Waals surface area contributed by atoms with E-state index in [2.05, 4.69) is 0 Å². The van der Waals surface area contributed by atoms with Gasteiger partial charge in [0, 0.05) is 17.8 Å². The molecule has 1 aliphatic carbocycles. The van der Waals surface area contributed by atoms with Crippen LogP contribution in [0.15, 0.2) is 12.1 Å². The zero-order chi connectivity index (χ0) is 10.1. The minimum absolute atomic E-state index is 0.121. The van der Waals surface area contributed by atoms with Crippen LogP contribution >= 0.6 is 0 Å². The second-order valence-corrected chi connectivity index (χ2v) is 3.79. The minimum atomic E-state index is 0.121. The van der Waals surface area contributed by atoms with Gasteiger partial charge in [-0.05, 0) is 36.5 Å². The Morgan fingerprint density at radius 3 is 2.93 bits per heavy atom. The van der Waals surface area contributed by atoms with Crippen LogP contribution in [-0.4, -0.2) is 7.11 Å². The van der Waals surface area contributed by atoms with Crippen LogP contribution in [0, 0.1) is 0 Å². The number of rotatable bonds is 1. The molecule has 14 heavy (non-hydrogen) atoms. The third-order valence-corrected chi connectivity index (χ3v) is 2.83. The molecule has 76 valence electrons. The fourth-order valence-corrected chi connectivity index (χ4v) is 2.12. The number of nitrogens with two attached hydrogens (primary N) is 2. The van der Waals surface area contributed by atoms with Crippen molar-refractivity contribution in [2.75, 3.05) is 12.8 Å². The number of benzene rings is 1. The molecule has 0 fully saturated rings. The first-order valence-electron chi connectivity index (χ1n) is 4.94. The Labute approximate surface area is 84.0 Å². The number of fused-ring (bicyclic) bond motifs is 1. The maximum absolute atomic E-state index is 6.03. The van der Waals surface area contributed by atoms with Gasteiger partial charge >= 0.3 is 0 Å². The van der Waals surface area contributed by atoms with E-state index in [9.17, 15) is 0 Å². The average molecular weight is 192 g/mol. The normalized spacial score (nSPS) is 20.3. The van der Waals surface area contributed by atoms with Crippen molar-refractivity contribution in [3.63, 3.8) is 0 Å². The number of ether oxygens (including phenoxy) is 1. The van der Waals surface area contributed by atoms with Gasteiger partial charge in [0.2, 0.25) is 0 Å². The zero-order valence-corrected chi connectivity index (χ0v) is 8.42. The van der Waals surface area contributed by atoms with Gasteiger partial charge in [-0.2, -0.15) is 0 Å². The van der Waals surface area contributed by atoms with E-state index >= 15 is 0 Å². The van der Waals surface area contributed by atoms with E-state index in [1.807, 2.05) is 12.1 Å². The number of hydrogen-bond donors (Lipinski definition) is 2. The van der Waals surface area contributed by atoms with Gasteiger partial charge in [-0.1, -0.05) is 0 Å². The first kappa shape index (κ1) is 9.34. The van der Waals surface area contributed by atoms with Crippen molar-refractivity contribution >= 4 is 5.69 Å². The van der Waals surface area contributed by atoms with Gasteiger partial charge < -0.3 is 16.2 Å². The lowest BCUT2D eigenvalue weighted by Gasteiger charge is -2.24. The number of methoxy groups -OCH3 is 1. The molecular formula is C11H16N2O. The van der Waals surface area contributed by atoms with E-state index in [0.717, 1.165) is 36.3 Å². The lowest BCUT2D eigenvalue weighted by atomic mass is 9.87. The molecule has 1 atom stereocenters. The summed E-state index contributed by atoms with van der Waals surface area (Å²) in [5.41, 5.74) is 14.9. The first-order valence-corrected chi connectivity index (χ1v) is 4.94. The molecule has 0 saturated carbocycles. The quantitative estimate of drug-likeness (QED) is 0.664. The molecule has 0 amide bonds. The molecule has 4 N–H and O–H groups in total. The van der Waals surface area contributed by atoms with E-state index in [4.69, 9.17) is 16.2 Å². The largest absolute Gasteiger partial charge is 0.496 e. The van der Waals surface area contributed by atoms with Crippen molar-refractivity contribution in [2.45, 2.75) is 25.3 Å². The van der Waals surface area contributed by atoms with Gasteiger partial charge in [-0.25, -0.2) is 0 Å². The van der Waals surface area contributed by atoms with Crippen LogP contribution in [0.1, 0.15) is 30.0 Å². The summed E-state index contributed by atoms with van der Waals surface area (Å²) in [5.74, 6) is 0.884. The Kier molecular flexibility index (Phi) is 2.33. The summed E-state index contributed by atoms with van der Waals surface area (Å²) >= 11 is 0. The van der Waals surface area contributed by atoms with Gasteiger partial charge in [0.05, 0.1) is 7.11 Å². The summed E-state index contributed by atoms with van der Waals surface area (Å²) in [6.07, 6.45) is 3.22. The van der Waals surface area contributed by atoms with Gasteiger partial charge in [0.1, 0.15) is 5.75 Å². The number of anilines is 1. The fourth-order valence-electron chi connectivity index (χ4n) is 2.12. The maximum Gasteiger partial charge on any atom is 0.124 e. The molecule has 0 spiro atoms. The summed E-state index contributed by atoms with van der Waals surface area (Å²) < 4.78 is 5.31. The van der Waals surface area contributed by atoms with Crippen molar-refractivity contribution in [2.24, 2.45) is 5.73 Å². The Bertz CT molecular complexity index is 349. The van der Waals surface area contributed by atoms with Crippen LogP contribution in [0.2, 0.25) is 0 Å². The molecule has 0 radical (unpaired) electrons. The first-order chi connectivity index (χ1) is 6.72. The molecule has 1 aliphatic rings. The van der Waals surface area contributed by atoms with Crippen LogP contribution < -0.4 is 16.2 Å². The highest BCUT2D eigenvalue weighted by Gasteiger charge is 2.20. The highest BCUT2D eigenvalue weighted by atomic mass is 16.5. The van der Waals surface area contributed by atoms with Gasteiger partial charge in [-0.3, -0.25) is 0 Å². The lowest BCUT2D eigenvalue weighted by Crippen LogP contribution is -2.18. The van der Waals surface area contributed by atoms with E-state index in [1.165, 1.54) is 5.56 Å². The fraction of sp³-hybridized carbons (Fsp3) is 0.455. The second kappa shape index (κ2) is 3.50. The second-order valence-electron chi connectivity index (χ2n) is 3.79. The molecule has 3 nitrogen and oxygen atoms in total. The SMILES string of the molecule is COc1cc(N)cc2c1CCC[C@@H]2N. The minimum Gasteiger partial charge on any atom is -0.496 e. The number of nitrogen functional groups attached to an aromatic ring is 1. The van der Waals surface area contributed by atoms with Crippen molar-refractivity contribution in [1.82, 2.24) is 0 Å². The van der Waals surface area contributed by atoms with Crippen molar-refractivity contribution < 1.29 is 4.74 Å². The summed E-state index contributed by atoms with van der Waals surface area (Å²) in [5, 5.41) is 0. The molecule has 0 heterocycles. The molecule has 3 heteroatoms. The van der Waals surface area contributed by atoms with E-state index < -0.39 is 0 Å². The van der Waals surface area contributed by atoms with Crippen LogP contribution in [0.3, 0.4) is 0 Å². The molecule has 1 aromatic carbocycles. The topological polar surface area (TPSA) is 61.3 Å². The smallest absolute Gasteiger partial charge is 0.124 e. The van der Waals surface area contributed by atoms with E-state index in [1.54, 1.807) is 7.11 Å². The Morgan fingerprint density at radius 1 is 1.43 bits per heavy atom. The third-order valence-electron chi connectivity index (χ3n) is 2.83. The van der Waals surface area contributed by atoms with Crippen LogP contribution in [0.5, 0.6) is 5.75 Å². The molecule has 0 unspecified atom stereocenters. The molecular weight excluding hydrogens is 176 g/mol. The van der Waals surface area contributed by atoms with Crippen molar-refractivity contribution in [1.29, 1.82) is 0 Å². The molecule has 0 aliphatic heterocycles. The van der Waals surface area contributed by atoms with E-state index in [-0.39, 0.29) is 6.04 Å². The third kappa shape index (κ3) is 1.44. The predicted molar refractivity (Wildman–Crippen MR) is 57.3 cm³/mol. The lowest BCUT2D eigenvalue weighted by molar-refractivity contribution is 0.403. The molecule has 0 saturated heterocycles. The highest BCUT2D eigenvalue weighted by Crippen LogP contribution is 2.35. The van der Waals surface area contributed by atoms with Gasteiger partial charge in [-0.15, -0.1) is 0 Å². The summed E-state index contributed by atoms with van der Waals surface area (Å²) in [7, 11) is 1.68. The molecule has 1 aromatic rings. The van der Waals surface area contributed by atoms with Crippen molar-refractivity contribution in [3.05, 3.63) is 23.3 Å². The summed E-state index contributed by atoms with van der Waals surface area (Å²) in [6, 6.07) is 3.97. The zero-order valence-electron chi connectivity index (χ0n) is 8.42. The van der Waals surface area contributed by atoms with Crippen LogP contribution in [-0.2, 0) is 6.42 Å². The number of hydrogen-bond acceptors (Lipinski definition) is 3. The van der Waals surface area contributed by atoms with Crippen LogP contribution in [0.4, 0.5) is 5.69 Å². The molecule has 0 bridgehead atoms. The molecule has 2 rings (SSSR count). The van der Waals surface area contributed by atoms with E-state index in [0.29, 0.717) is 0 Å². The monoisotopic (exact) mass is 192 g/mol. The van der Waals surface area contributed by atoms with Gasteiger partial charge in [0.25, 0.3) is 0 Å². The standard InChI is InChI=1S/C11H16N2O/c1-14-11-6-7(12)5-9-8(11)3-2-4-10(9)13/h5-6,10H,2-4,12-13H2,1H3/t10-/m0/s1. The summed E-state index contributed by atoms with van der Waals surface area (Å²) in [4.78, 5) is 0. The Morgan fingerprint density at radius 2 is 2.21 bits per heavy atom. The highest BCUT2D eigenvalue weighted by molar-refractivity contribution is 5.54. The Balaban J connectivity index is 2.54.